The summed E-state index contributed by atoms with van der Waals surface area (Å²) >= 11 is 0. The molecule has 0 bridgehead atoms. The van der Waals surface area contributed by atoms with Gasteiger partial charge in [-0.05, 0) is 69.5 Å². The molecule has 3 aromatic rings. The average Bonchev–Trinajstić information content (AvgIpc) is 3.50. The highest BCUT2D eigenvalue weighted by Gasteiger charge is 2.22. The van der Waals surface area contributed by atoms with Crippen LogP contribution in [-0.4, -0.2) is 43.7 Å². The Morgan fingerprint density at radius 1 is 1.07 bits per heavy atom. The van der Waals surface area contributed by atoms with E-state index in [1.807, 2.05) is 18.2 Å². The van der Waals surface area contributed by atoms with Gasteiger partial charge in [-0.2, -0.15) is 0 Å². The molecule has 27 heavy (non-hydrogen) atoms. The summed E-state index contributed by atoms with van der Waals surface area (Å²) in [5.41, 5.74) is 3.20. The van der Waals surface area contributed by atoms with Crippen LogP contribution in [0.5, 0.6) is 5.75 Å². The van der Waals surface area contributed by atoms with Crippen molar-refractivity contribution < 1.29 is 4.74 Å². The quantitative estimate of drug-likeness (QED) is 0.432. The van der Waals surface area contributed by atoms with Crippen LogP contribution in [0.4, 0.5) is 5.69 Å². The second-order valence-corrected chi connectivity index (χ2v) is 7.73. The standard InChI is InChI=1S/C23H29N3O/c1-26(16-17-9-10-17)14-6-5-13-24-23-19-7-3-4-8-21(19)25-22-12-11-18(27-2)15-20(22)23/h3-4,7-8,11-12,15,17H,5-6,9-10,13-14,16H2,1-2H3,(H,24,25). The fraction of sp³-hybridized carbons (Fsp3) is 0.435. The summed E-state index contributed by atoms with van der Waals surface area (Å²) in [6.07, 6.45) is 5.24. The van der Waals surface area contributed by atoms with Crippen molar-refractivity contribution in [1.82, 2.24) is 9.88 Å². The number of para-hydroxylation sites is 1. The van der Waals surface area contributed by atoms with Gasteiger partial charge in [-0.15, -0.1) is 0 Å². The monoisotopic (exact) mass is 363 g/mol. The first-order valence-electron chi connectivity index (χ1n) is 10.0. The van der Waals surface area contributed by atoms with Crippen LogP contribution in [0.2, 0.25) is 0 Å². The van der Waals surface area contributed by atoms with E-state index >= 15 is 0 Å². The molecule has 0 saturated heterocycles. The summed E-state index contributed by atoms with van der Waals surface area (Å²) in [6, 6.07) is 14.4. The second kappa shape index (κ2) is 8.13. The molecule has 0 amide bonds. The number of hydrogen-bond acceptors (Lipinski definition) is 4. The number of anilines is 1. The number of pyridine rings is 1. The minimum Gasteiger partial charge on any atom is -0.497 e. The van der Waals surface area contributed by atoms with Gasteiger partial charge in [0, 0.05) is 23.9 Å². The summed E-state index contributed by atoms with van der Waals surface area (Å²) in [6.45, 7) is 3.42. The highest BCUT2D eigenvalue weighted by atomic mass is 16.5. The zero-order valence-corrected chi connectivity index (χ0v) is 16.4. The van der Waals surface area contributed by atoms with Gasteiger partial charge < -0.3 is 15.0 Å². The van der Waals surface area contributed by atoms with Gasteiger partial charge in [-0.25, -0.2) is 4.98 Å². The first-order valence-corrected chi connectivity index (χ1v) is 10.0. The van der Waals surface area contributed by atoms with Gasteiger partial charge in [0.2, 0.25) is 0 Å². The van der Waals surface area contributed by atoms with E-state index in [0.717, 1.165) is 41.1 Å². The van der Waals surface area contributed by atoms with Crippen LogP contribution in [0.15, 0.2) is 42.5 Å². The van der Waals surface area contributed by atoms with E-state index < -0.39 is 0 Å². The van der Waals surface area contributed by atoms with Crippen LogP contribution in [0.3, 0.4) is 0 Å². The van der Waals surface area contributed by atoms with E-state index in [2.05, 4.69) is 41.5 Å². The molecular weight excluding hydrogens is 334 g/mol. The highest BCUT2D eigenvalue weighted by molar-refractivity contribution is 6.07. The van der Waals surface area contributed by atoms with E-state index in [-0.39, 0.29) is 0 Å². The van der Waals surface area contributed by atoms with Crippen molar-refractivity contribution >= 4 is 27.5 Å². The topological polar surface area (TPSA) is 37.4 Å². The Kier molecular flexibility index (Phi) is 5.44. The summed E-state index contributed by atoms with van der Waals surface area (Å²) in [4.78, 5) is 7.30. The van der Waals surface area contributed by atoms with Gasteiger partial charge in [0.15, 0.2) is 0 Å². The van der Waals surface area contributed by atoms with Gasteiger partial charge in [0.25, 0.3) is 0 Å². The normalized spacial score (nSPS) is 14.2. The largest absolute Gasteiger partial charge is 0.497 e. The smallest absolute Gasteiger partial charge is 0.119 e. The molecule has 4 rings (SSSR count). The Labute approximate surface area is 161 Å². The van der Waals surface area contributed by atoms with Crippen molar-refractivity contribution in [1.29, 1.82) is 0 Å². The van der Waals surface area contributed by atoms with Crippen LogP contribution in [0.1, 0.15) is 25.7 Å². The zero-order chi connectivity index (χ0) is 18.6. The Morgan fingerprint density at radius 3 is 2.70 bits per heavy atom. The van der Waals surface area contributed by atoms with Crippen molar-refractivity contribution in [3.05, 3.63) is 42.5 Å². The van der Waals surface area contributed by atoms with E-state index in [4.69, 9.17) is 9.72 Å². The second-order valence-electron chi connectivity index (χ2n) is 7.73. The summed E-state index contributed by atoms with van der Waals surface area (Å²) in [5.74, 6) is 1.84. The molecule has 1 aliphatic rings. The van der Waals surface area contributed by atoms with E-state index in [0.29, 0.717) is 0 Å². The molecule has 1 N–H and O–H groups in total. The molecule has 0 spiro atoms. The maximum Gasteiger partial charge on any atom is 0.119 e. The molecule has 1 heterocycles. The Hall–Kier alpha value is -2.33. The van der Waals surface area contributed by atoms with Crippen molar-refractivity contribution in [2.45, 2.75) is 25.7 Å². The molecule has 0 radical (unpaired) electrons. The molecule has 4 nitrogen and oxygen atoms in total. The SMILES string of the molecule is COc1ccc2nc3ccccc3c(NCCCCN(C)CC3CC3)c2c1. The summed E-state index contributed by atoms with van der Waals surface area (Å²) < 4.78 is 5.43. The van der Waals surface area contributed by atoms with Gasteiger partial charge in [0.05, 0.1) is 23.8 Å². The lowest BCUT2D eigenvalue weighted by atomic mass is 10.1. The minimum absolute atomic E-state index is 0.865. The third-order valence-corrected chi connectivity index (χ3v) is 5.42. The number of aromatic nitrogens is 1. The Bertz CT molecular complexity index is 920. The number of nitrogens with one attached hydrogen (secondary N) is 1. The van der Waals surface area contributed by atoms with E-state index in [1.54, 1.807) is 7.11 Å². The van der Waals surface area contributed by atoms with E-state index in [1.165, 1.54) is 43.4 Å². The third-order valence-electron chi connectivity index (χ3n) is 5.42. The van der Waals surface area contributed by atoms with Crippen molar-refractivity contribution in [2.24, 2.45) is 5.92 Å². The first-order chi connectivity index (χ1) is 13.2. The number of hydrogen-bond donors (Lipinski definition) is 1. The van der Waals surface area contributed by atoms with Crippen molar-refractivity contribution in [3.8, 4) is 5.75 Å². The lowest BCUT2D eigenvalue weighted by molar-refractivity contribution is 0.314. The fourth-order valence-corrected chi connectivity index (χ4v) is 3.74. The average molecular weight is 364 g/mol. The van der Waals surface area contributed by atoms with Gasteiger partial charge >= 0.3 is 0 Å². The minimum atomic E-state index is 0.865. The number of rotatable bonds is 9. The number of unbranched alkanes of at least 4 members (excludes halogenated alkanes) is 1. The van der Waals surface area contributed by atoms with E-state index in [9.17, 15) is 0 Å². The van der Waals surface area contributed by atoms with Gasteiger partial charge in [0.1, 0.15) is 5.75 Å². The summed E-state index contributed by atoms with van der Waals surface area (Å²) in [5, 5.41) is 5.99. The van der Waals surface area contributed by atoms with Crippen molar-refractivity contribution in [2.75, 3.05) is 39.1 Å². The molecule has 1 aliphatic carbocycles. The van der Waals surface area contributed by atoms with Crippen LogP contribution in [0, 0.1) is 5.92 Å². The molecule has 0 unspecified atom stereocenters. The number of methoxy groups -OCH3 is 1. The third kappa shape index (κ3) is 4.33. The maximum atomic E-state index is 5.43. The van der Waals surface area contributed by atoms with Crippen LogP contribution in [-0.2, 0) is 0 Å². The lowest BCUT2D eigenvalue weighted by Gasteiger charge is -2.17. The molecule has 1 fully saturated rings. The summed E-state index contributed by atoms with van der Waals surface area (Å²) in [7, 11) is 3.96. The molecule has 142 valence electrons. The molecule has 1 aromatic heterocycles. The van der Waals surface area contributed by atoms with Crippen LogP contribution >= 0.6 is 0 Å². The number of nitrogens with zero attached hydrogens (tertiary/aromatic N) is 2. The predicted octanol–water partition coefficient (Wildman–Crippen LogP) is 4.93. The first kappa shape index (κ1) is 18.1. The molecule has 4 heteroatoms. The van der Waals surface area contributed by atoms with Crippen LogP contribution < -0.4 is 10.1 Å². The predicted molar refractivity (Wildman–Crippen MR) is 114 cm³/mol. The highest BCUT2D eigenvalue weighted by Crippen LogP contribution is 2.33. The lowest BCUT2D eigenvalue weighted by Crippen LogP contribution is -2.22. The number of benzene rings is 2. The molecule has 0 atom stereocenters. The molecule has 1 saturated carbocycles. The Balaban J connectivity index is 1.48. The van der Waals surface area contributed by atoms with Gasteiger partial charge in [-0.3, -0.25) is 0 Å². The van der Waals surface area contributed by atoms with Crippen LogP contribution in [0.25, 0.3) is 21.8 Å². The molecule has 0 aliphatic heterocycles. The number of fused-ring (bicyclic) bond motifs is 2. The van der Waals surface area contributed by atoms with Gasteiger partial charge in [-0.1, -0.05) is 18.2 Å². The van der Waals surface area contributed by atoms with Crippen molar-refractivity contribution in [3.63, 3.8) is 0 Å². The fourth-order valence-electron chi connectivity index (χ4n) is 3.74. The zero-order valence-electron chi connectivity index (χ0n) is 16.4. The molecular formula is C23H29N3O. The number of ether oxygens (including phenoxy) is 1. The molecule has 2 aromatic carbocycles. The Morgan fingerprint density at radius 2 is 1.89 bits per heavy atom. The maximum absolute atomic E-state index is 5.43.